The first-order chi connectivity index (χ1) is 29.5. The highest BCUT2D eigenvalue weighted by molar-refractivity contribution is 7.88. The van der Waals surface area contributed by atoms with Crippen LogP contribution >= 0.6 is 22.9 Å². The highest BCUT2D eigenvalue weighted by atomic mass is 35.5. The zero-order valence-corrected chi connectivity index (χ0v) is 41.6. The first-order valence-corrected chi connectivity index (χ1v) is 24.4. The number of carbonyl (C=O) groups is 4. The van der Waals surface area contributed by atoms with Crippen molar-refractivity contribution >= 4 is 68.3 Å². The number of esters is 2. The van der Waals surface area contributed by atoms with Gasteiger partial charge in [-0.05, 0) is 137 Å². The molecule has 5 rings (SSSR count). The van der Waals surface area contributed by atoms with Gasteiger partial charge in [-0.2, -0.15) is 4.31 Å². The number of sulfonamides is 1. The van der Waals surface area contributed by atoms with Crippen molar-refractivity contribution in [1.29, 1.82) is 0 Å². The van der Waals surface area contributed by atoms with Crippen molar-refractivity contribution < 1.29 is 46.5 Å². The Labute approximate surface area is 387 Å². The van der Waals surface area contributed by atoms with Crippen LogP contribution in [-0.4, -0.2) is 103 Å². The Morgan fingerprint density at radius 2 is 1.48 bits per heavy atom. The molecule has 1 aromatic heterocycles. The number of halogens is 1. The predicted molar refractivity (Wildman–Crippen MR) is 252 cm³/mol. The number of hydrogen-bond donors (Lipinski definition) is 1. The summed E-state index contributed by atoms with van der Waals surface area (Å²) in [5, 5.41) is 3.75. The van der Waals surface area contributed by atoms with E-state index in [0.29, 0.717) is 67.0 Å². The highest BCUT2D eigenvalue weighted by Gasteiger charge is 2.42. The molecule has 3 heterocycles. The molecule has 0 aliphatic carbocycles. The Hall–Kier alpha value is -4.38. The monoisotopic (exact) mass is 944 g/mol. The van der Waals surface area contributed by atoms with Crippen LogP contribution in [0.5, 0.6) is 5.75 Å². The van der Waals surface area contributed by atoms with Crippen LogP contribution in [0.1, 0.15) is 117 Å². The fraction of sp³-hybridized carbons (Fsp3) is 0.574. The minimum absolute atomic E-state index is 0.0386. The zero-order valence-electron chi connectivity index (χ0n) is 39.3. The minimum Gasteiger partial charge on any atom is -0.479 e. The minimum atomic E-state index is -3.78. The van der Waals surface area contributed by atoms with Crippen molar-refractivity contribution in [2.24, 2.45) is 5.92 Å². The number of nitrogens with zero attached hydrogens (tertiary/aromatic N) is 3. The molecule has 2 fully saturated rings. The summed E-state index contributed by atoms with van der Waals surface area (Å²) in [5.41, 5.74) is -0.196. The van der Waals surface area contributed by atoms with E-state index in [0.717, 1.165) is 17.0 Å². The van der Waals surface area contributed by atoms with Crippen LogP contribution in [-0.2, 0) is 39.6 Å². The SMILES string of the molecule is CN(C(=O)C1CCN(C(=O)OC(C)(C)C)CC1)c1cccc(CS(=O)(=O)N2CC[C@@H](Nc3cccc(-c4sc(C(=O)OC(C)(C)C)c(OCC(=O)OC(C)(C)C)c4Cl)c3)CC2(C)C)c1. The Bertz CT molecular complexity index is 2300. The summed E-state index contributed by atoms with van der Waals surface area (Å²) in [6, 6.07) is 14.6. The average molecular weight is 946 g/mol. The molecule has 0 unspecified atom stereocenters. The molecule has 2 aliphatic heterocycles. The lowest BCUT2D eigenvalue weighted by molar-refractivity contribution is -0.157. The Morgan fingerprint density at radius 3 is 2.09 bits per heavy atom. The van der Waals surface area contributed by atoms with Crippen molar-refractivity contribution in [2.45, 2.75) is 136 Å². The van der Waals surface area contributed by atoms with Gasteiger partial charge in [0.2, 0.25) is 15.9 Å². The molecular weight excluding hydrogens is 880 g/mol. The zero-order chi connectivity index (χ0) is 47.6. The van der Waals surface area contributed by atoms with E-state index in [4.69, 9.17) is 30.5 Å². The van der Waals surface area contributed by atoms with Crippen LogP contribution < -0.4 is 15.0 Å². The predicted octanol–water partition coefficient (Wildman–Crippen LogP) is 9.54. The first kappa shape index (κ1) is 50.6. The summed E-state index contributed by atoms with van der Waals surface area (Å²) in [7, 11) is -2.08. The molecule has 2 aromatic carbocycles. The molecule has 2 saturated heterocycles. The second kappa shape index (κ2) is 19.6. The molecule has 64 heavy (non-hydrogen) atoms. The van der Waals surface area contributed by atoms with E-state index in [2.05, 4.69) is 5.32 Å². The fourth-order valence-corrected chi connectivity index (χ4v) is 11.3. The lowest BCUT2D eigenvalue weighted by Gasteiger charge is -2.45. The maximum atomic E-state index is 14.1. The fourth-order valence-electron chi connectivity index (χ4n) is 7.86. The maximum absolute atomic E-state index is 14.1. The Balaban J connectivity index is 1.24. The molecule has 0 spiro atoms. The molecule has 0 saturated carbocycles. The van der Waals surface area contributed by atoms with Crippen molar-refractivity contribution in [3.8, 4) is 16.2 Å². The van der Waals surface area contributed by atoms with Gasteiger partial charge < -0.3 is 34.1 Å². The standard InChI is InChI=1S/C47H65ClN4O10S2/c1-44(2,3)60-36(53)28-59-38-37(48)39(63-40(38)42(55)61-45(4,5)6)32-16-14-17-33(26-32)49-34-21-24-52(47(10,11)27-34)64(57,58)29-30-15-13-18-35(25-30)50(12)41(54)31-19-22-51(23-20-31)43(56)62-46(7,8)9/h13-18,25-26,31,34,49H,19-24,27-29H2,1-12H3/t34-/m1/s1. The molecule has 17 heteroatoms. The van der Waals surface area contributed by atoms with Crippen LogP contribution in [0.2, 0.25) is 5.02 Å². The second-order valence-corrected chi connectivity index (χ2v) is 23.4. The van der Waals surface area contributed by atoms with Crippen LogP contribution in [0, 0.1) is 5.92 Å². The lowest BCUT2D eigenvalue weighted by atomic mass is 9.89. The van der Waals surface area contributed by atoms with E-state index in [1.807, 2.05) is 58.9 Å². The molecule has 2 amide bonds. The van der Waals surface area contributed by atoms with E-state index in [-0.39, 0.29) is 45.4 Å². The molecule has 3 aromatic rings. The molecule has 0 radical (unpaired) electrons. The molecule has 14 nitrogen and oxygen atoms in total. The number of nitrogens with one attached hydrogen (secondary N) is 1. The second-order valence-electron chi connectivity index (χ2n) is 20.1. The molecule has 0 bridgehead atoms. The van der Waals surface area contributed by atoms with Gasteiger partial charge in [0, 0.05) is 55.6 Å². The number of benzene rings is 2. The smallest absolute Gasteiger partial charge is 0.410 e. The van der Waals surface area contributed by atoms with E-state index in [9.17, 15) is 27.6 Å². The quantitative estimate of drug-likeness (QED) is 0.136. The first-order valence-electron chi connectivity index (χ1n) is 21.6. The van der Waals surface area contributed by atoms with Crippen molar-refractivity contribution in [3.63, 3.8) is 0 Å². The number of ether oxygens (including phenoxy) is 4. The summed E-state index contributed by atoms with van der Waals surface area (Å²) < 4.78 is 52.2. The number of rotatable bonds is 12. The van der Waals surface area contributed by atoms with Crippen molar-refractivity contribution in [2.75, 3.05) is 43.5 Å². The summed E-state index contributed by atoms with van der Waals surface area (Å²) in [6.45, 7) is 20.5. The van der Waals surface area contributed by atoms with Crippen molar-refractivity contribution in [3.05, 3.63) is 64.0 Å². The highest BCUT2D eigenvalue weighted by Crippen LogP contribution is 2.47. The van der Waals surface area contributed by atoms with Crippen LogP contribution in [0.25, 0.3) is 10.4 Å². The Kier molecular flexibility index (Phi) is 15.5. The topological polar surface area (TPSA) is 161 Å². The summed E-state index contributed by atoms with van der Waals surface area (Å²) >= 11 is 8.01. The van der Waals surface area contributed by atoms with E-state index in [1.54, 1.807) is 87.0 Å². The number of anilines is 2. The largest absolute Gasteiger partial charge is 0.479 e. The number of thiophene rings is 1. The van der Waals surface area contributed by atoms with Gasteiger partial charge >= 0.3 is 18.0 Å². The lowest BCUT2D eigenvalue weighted by Crippen LogP contribution is -2.55. The van der Waals surface area contributed by atoms with Gasteiger partial charge in [-0.15, -0.1) is 11.3 Å². The third-order valence-corrected chi connectivity index (χ3v) is 14.3. The van der Waals surface area contributed by atoms with Gasteiger partial charge in [-0.1, -0.05) is 35.9 Å². The van der Waals surface area contributed by atoms with Crippen molar-refractivity contribution in [1.82, 2.24) is 9.21 Å². The van der Waals surface area contributed by atoms with Gasteiger partial charge in [0.15, 0.2) is 17.2 Å². The van der Waals surface area contributed by atoms with Gasteiger partial charge in [0.05, 0.1) is 10.6 Å². The van der Waals surface area contributed by atoms with E-state index in [1.165, 1.54) is 0 Å². The molecule has 2 aliphatic rings. The van der Waals surface area contributed by atoms with Gasteiger partial charge in [-0.3, -0.25) is 4.79 Å². The number of amides is 2. The van der Waals surface area contributed by atoms with Gasteiger partial charge in [-0.25, -0.2) is 22.8 Å². The third-order valence-electron chi connectivity index (χ3n) is 10.6. The summed E-state index contributed by atoms with van der Waals surface area (Å²) in [6.07, 6.45) is 1.70. The molecule has 1 N–H and O–H groups in total. The van der Waals surface area contributed by atoms with E-state index < -0.39 is 50.9 Å². The Morgan fingerprint density at radius 1 is 0.859 bits per heavy atom. The maximum Gasteiger partial charge on any atom is 0.410 e. The number of piperidine rings is 2. The number of hydrogen-bond acceptors (Lipinski definition) is 12. The molecule has 1 atom stereocenters. The van der Waals surface area contributed by atoms with Gasteiger partial charge in [0.1, 0.15) is 21.8 Å². The summed E-state index contributed by atoms with van der Waals surface area (Å²) in [4.78, 5) is 55.9. The molecular formula is C47H65ClN4O10S2. The third kappa shape index (κ3) is 13.6. The van der Waals surface area contributed by atoms with Crippen LogP contribution in [0.4, 0.5) is 16.2 Å². The number of likely N-dealkylation sites (tertiary alicyclic amines) is 1. The summed E-state index contributed by atoms with van der Waals surface area (Å²) in [5.74, 6) is -1.79. The molecule has 352 valence electrons. The van der Waals surface area contributed by atoms with Crippen LogP contribution in [0.3, 0.4) is 0 Å². The van der Waals surface area contributed by atoms with E-state index >= 15 is 0 Å². The normalized spacial score (nSPS) is 17.6. The van der Waals surface area contributed by atoms with Gasteiger partial charge in [0.25, 0.3) is 0 Å². The number of carbonyl (C=O) groups excluding carboxylic acids is 4. The average Bonchev–Trinajstić information content (AvgIpc) is 3.50. The van der Waals surface area contributed by atoms with Crippen LogP contribution in [0.15, 0.2) is 48.5 Å².